The minimum atomic E-state index is -0.206. The molecule has 1 rings (SSSR count). The Labute approximate surface area is 106 Å². The first-order valence-corrected chi connectivity index (χ1v) is 5.70. The first kappa shape index (κ1) is 13.8. The highest BCUT2D eigenvalue weighted by molar-refractivity contribution is 5.82. The van der Waals surface area contributed by atoms with Crippen molar-refractivity contribution in [2.75, 3.05) is 13.2 Å². The summed E-state index contributed by atoms with van der Waals surface area (Å²) in [5.41, 5.74) is 8.28. The lowest BCUT2D eigenvalue weighted by molar-refractivity contribution is 0.288. The van der Waals surface area contributed by atoms with E-state index in [2.05, 4.69) is 10.5 Å². The summed E-state index contributed by atoms with van der Waals surface area (Å²) < 4.78 is 10.9. The van der Waals surface area contributed by atoms with Crippen LogP contribution >= 0.6 is 0 Å². The van der Waals surface area contributed by atoms with Crippen LogP contribution in [0.15, 0.2) is 23.3 Å². The molecular formula is C12H18N4O2. The van der Waals surface area contributed by atoms with Gasteiger partial charge in [0.2, 0.25) is 5.96 Å². The van der Waals surface area contributed by atoms with Crippen LogP contribution in [-0.4, -0.2) is 25.4 Å². The SMILES string of the molecule is CCOc1ccc(/C=N/NC(=N)N)cc1OCC. The largest absolute Gasteiger partial charge is 0.490 e. The van der Waals surface area contributed by atoms with Gasteiger partial charge in [-0.15, -0.1) is 0 Å². The fraction of sp³-hybridized carbons (Fsp3) is 0.333. The summed E-state index contributed by atoms with van der Waals surface area (Å²) in [6.45, 7) is 4.97. The maximum absolute atomic E-state index is 6.97. The van der Waals surface area contributed by atoms with Crippen molar-refractivity contribution in [1.29, 1.82) is 5.41 Å². The standard InChI is InChI=1S/C12H18N4O2/c1-3-17-10-6-5-9(7-11(10)18-4-2)8-15-16-12(13)14/h5-8H,3-4H2,1-2H3,(H4,13,14,16)/b15-8+. The molecule has 0 fully saturated rings. The molecule has 0 unspecified atom stereocenters. The van der Waals surface area contributed by atoms with Crippen LogP contribution < -0.4 is 20.6 Å². The lowest BCUT2D eigenvalue weighted by atomic mass is 10.2. The van der Waals surface area contributed by atoms with Crippen molar-refractivity contribution in [3.8, 4) is 11.5 Å². The second-order valence-electron chi connectivity index (χ2n) is 3.36. The van der Waals surface area contributed by atoms with E-state index in [1.54, 1.807) is 6.21 Å². The number of benzene rings is 1. The predicted octanol–water partition coefficient (Wildman–Crippen LogP) is 1.30. The van der Waals surface area contributed by atoms with E-state index in [1.807, 2.05) is 32.0 Å². The number of guanidine groups is 1. The molecule has 0 atom stereocenters. The molecule has 1 aromatic rings. The lowest BCUT2D eigenvalue weighted by Gasteiger charge is -2.11. The van der Waals surface area contributed by atoms with Gasteiger partial charge < -0.3 is 15.2 Å². The van der Waals surface area contributed by atoms with Gasteiger partial charge in [-0.1, -0.05) is 0 Å². The highest BCUT2D eigenvalue weighted by atomic mass is 16.5. The molecule has 0 aromatic heterocycles. The quantitative estimate of drug-likeness (QED) is 0.403. The van der Waals surface area contributed by atoms with E-state index in [-0.39, 0.29) is 5.96 Å². The number of ether oxygens (including phenoxy) is 2. The second kappa shape index (κ2) is 7.16. The minimum absolute atomic E-state index is 0.206. The normalized spacial score (nSPS) is 10.3. The van der Waals surface area contributed by atoms with E-state index in [4.69, 9.17) is 20.6 Å². The third kappa shape index (κ3) is 4.32. The summed E-state index contributed by atoms with van der Waals surface area (Å²) in [6.07, 6.45) is 1.56. The molecule has 6 heteroatoms. The van der Waals surface area contributed by atoms with Gasteiger partial charge in [0.1, 0.15) is 0 Å². The van der Waals surface area contributed by atoms with Crippen molar-refractivity contribution in [3.05, 3.63) is 23.8 Å². The molecule has 0 radical (unpaired) electrons. The van der Waals surface area contributed by atoms with Crippen LogP contribution in [0, 0.1) is 5.41 Å². The first-order valence-electron chi connectivity index (χ1n) is 5.70. The molecule has 0 aliphatic rings. The van der Waals surface area contributed by atoms with Crippen LogP contribution in [0.1, 0.15) is 19.4 Å². The number of rotatable bonds is 6. The summed E-state index contributed by atoms with van der Waals surface area (Å²) in [7, 11) is 0. The summed E-state index contributed by atoms with van der Waals surface area (Å²) in [5.74, 6) is 1.17. The van der Waals surface area contributed by atoms with E-state index in [9.17, 15) is 0 Å². The molecular weight excluding hydrogens is 232 g/mol. The van der Waals surface area contributed by atoms with Crippen LogP contribution in [0.4, 0.5) is 0 Å². The fourth-order valence-corrected chi connectivity index (χ4v) is 1.32. The Bertz CT molecular complexity index is 432. The predicted molar refractivity (Wildman–Crippen MR) is 71.4 cm³/mol. The Morgan fingerprint density at radius 3 is 2.61 bits per heavy atom. The molecule has 98 valence electrons. The Morgan fingerprint density at radius 1 is 1.33 bits per heavy atom. The van der Waals surface area contributed by atoms with Gasteiger partial charge in [-0.05, 0) is 37.6 Å². The maximum atomic E-state index is 6.97. The summed E-state index contributed by atoms with van der Waals surface area (Å²) in [5, 5.41) is 10.8. The van der Waals surface area contributed by atoms with E-state index in [1.165, 1.54) is 0 Å². The van der Waals surface area contributed by atoms with Crippen LogP contribution in [0.2, 0.25) is 0 Å². The molecule has 4 N–H and O–H groups in total. The van der Waals surface area contributed by atoms with Gasteiger partial charge in [0.05, 0.1) is 19.4 Å². The number of hydrogen-bond donors (Lipinski definition) is 3. The van der Waals surface area contributed by atoms with E-state index >= 15 is 0 Å². The third-order valence-electron chi connectivity index (χ3n) is 1.97. The molecule has 0 aliphatic carbocycles. The maximum Gasteiger partial charge on any atom is 0.206 e. The number of hydrogen-bond acceptors (Lipinski definition) is 4. The Kier molecular flexibility index (Phi) is 5.50. The van der Waals surface area contributed by atoms with Gasteiger partial charge in [0.15, 0.2) is 11.5 Å². The molecule has 0 saturated carbocycles. The number of hydrazone groups is 1. The minimum Gasteiger partial charge on any atom is -0.490 e. The zero-order chi connectivity index (χ0) is 13.4. The topological polar surface area (TPSA) is 92.7 Å². The van der Waals surface area contributed by atoms with Crippen molar-refractivity contribution < 1.29 is 9.47 Å². The monoisotopic (exact) mass is 250 g/mol. The molecule has 1 aromatic carbocycles. The molecule has 6 nitrogen and oxygen atoms in total. The molecule has 0 bridgehead atoms. The van der Waals surface area contributed by atoms with Crippen LogP contribution in [0.25, 0.3) is 0 Å². The molecule has 18 heavy (non-hydrogen) atoms. The Hall–Kier alpha value is -2.24. The number of nitrogens with two attached hydrogens (primary N) is 1. The molecule has 0 amide bonds. The van der Waals surface area contributed by atoms with Gasteiger partial charge in [0, 0.05) is 0 Å². The van der Waals surface area contributed by atoms with Gasteiger partial charge in [-0.25, -0.2) is 5.43 Å². The molecule has 0 heterocycles. The lowest BCUT2D eigenvalue weighted by Crippen LogP contribution is -2.25. The Morgan fingerprint density at radius 2 is 2.00 bits per heavy atom. The average Bonchev–Trinajstić information content (AvgIpc) is 2.32. The second-order valence-corrected chi connectivity index (χ2v) is 3.36. The molecule has 0 saturated heterocycles. The zero-order valence-corrected chi connectivity index (χ0v) is 10.6. The van der Waals surface area contributed by atoms with Crippen LogP contribution in [0.3, 0.4) is 0 Å². The van der Waals surface area contributed by atoms with E-state index < -0.39 is 0 Å². The Balaban J connectivity index is 2.84. The van der Waals surface area contributed by atoms with Crippen LogP contribution in [-0.2, 0) is 0 Å². The zero-order valence-electron chi connectivity index (χ0n) is 10.6. The van der Waals surface area contributed by atoms with Crippen molar-refractivity contribution in [2.24, 2.45) is 10.8 Å². The smallest absolute Gasteiger partial charge is 0.206 e. The molecule has 0 aliphatic heterocycles. The average molecular weight is 250 g/mol. The number of nitrogens with zero attached hydrogens (tertiary/aromatic N) is 1. The highest BCUT2D eigenvalue weighted by Gasteiger charge is 2.04. The van der Waals surface area contributed by atoms with Gasteiger partial charge in [-0.3, -0.25) is 5.41 Å². The van der Waals surface area contributed by atoms with Crippen molar-refractivity contribution in [1.82, 2.24) is 5.43 Å². The van der Waals surface area contributed by atoms with Gasteiger partial charge in [0.25, 0.3) is 0 Å². The fourth-order valence-electron chi connectivity index (χ4n) is 1.32. The van der Waals surface area contributed by atoms with Crippen molar-refractivity contribution in [3.63, 3.8) is 0 Å². The van der Waals surface area contributed by atoms with Crippen LogP contribution in [0.5, 0.6) is 11.5 Å². The van der Waals surface area contributed by atoms with Crippen molar-refractivity contribution in [2.45, 2.75) is 13.8 Å². The summed E-state index contributed by atoms with van der Waals surface area (Å²) >= 11 is 0. The van der Waals surface area contributed by atoms with Crippen molar-refractivity contribution >= 4 is 12.2 Å². The third-order valence-corrected chi connectivity index (χ3v) is 1.97. The van der Waals surface area contributed by atoms with E-state index in [0.717, 1.165) is 5.56 Å². The first-order chi connectivity index (χ1) is 8.67. The summed E-state index contributed by atoms with van der Waals surface area (Å²) in [6, 6.07) is 5.49. The summed E-state index contributed by atoms with van der Waals surface area (Å²) in [4.78, 5) is 0. The van der Waals surface area contributed by atoms with Gasteiger partial charge in [-0.2, -0.15) is 5.10 Å². The van der Waals surface area contributed by atoms with E-state index in [0.29, 0.717) is 24.7 Å². The highest BCUT2D eigenvalue weighted by Crippen LogP contribution is 2.27. The molecule has 0 spiro atoms. The number of nitrogens with one attached hydrogen (secondary N) is 2. The van der Waals surface area contributed by atoms with Gasteiger partial charge >= 0.3 is 0 Å².